The second kappa shape index (κ2) is 4.04. The van der Waals surface area contributed by atoms with E-state index in [1.165, 1.54) is 6.21 Å². The summed E-state index contributed by atoms with van der Waals surface area (Å²) in [7, 11) is -3.24. The van der Waals surface area contributed by atoms with E-state index >= 15 is 0 Å². The molecule has 1 aromatic rings. The normalized spacial score (nSPS) is 11.8. The quantitative estimate of drug-likeness (QED) is 0.570. The van der Waals surface area contributed by atoms with E-state index in [4.69, 9.17) is 0 Å². The average molecular weight is 198 g/mol. The molecular weight excluding hydrogens is 188 g/mol. The summed E-state index contributed by atoms with van der Waals surface area (Å²) in [5.74, 6) is 0. The number of hydrazone groups is 1. The van der Waals surface area contributed by atoms with Crippen LogP contribution in [0.5, 0.6) is 0 Å². The van der Waals surface area contributed by atoms with Gasteiger partial charge in [0.15, 0.2) is 0 Å². The molecule has 0 saturated carbocycles. The molecule has 0 aliphatic rings. The summed E-state index contributed by atoms with van der Waals surface area (Å²) in [5.41, 5.74) is 0.846. The van der Waals surface area contributed by atoms with Gasteiger partial charge in [-0.25, -0.2) is 13.2 Å². The minimum atomic E-state index is -3.24. The van der Waals surface area contributed by atoms with E-state index in [9.17, 15) is 8.42 Å². The molecule has 0 radical (unpaired) electrons. The Hall–Kier alpha value is -1.36. The second-order valence-electron chi connectivity index (χ2n) is 2.53. The third-order valence-electron chi connectivity index (χ3n) is 1.23. The molecule has 1 aromatic carbocycles. The van der Waals surface area contributed by atoms with Gasteiger partial charge in [0.1, 0.15) is 0 Å². The van der Waals surface area contributed by atoms with Crippen molar-refractivity contribution in [3.8, 4) is 0 Å². The van der Waals surface area contributed by atoms with Gasteiger partial charge in [-0.2, -0.15) is 5.10 Å². The summed E-state index contributed by atoms with van der Waals surface area (Å²) in [4.78, 5) is 2.01. The van der Waals surface area contributed by atoms with Gasteiger partial charge in [-0.15, -0.1) is 0 Å². The molecule has 0 saturated heterocycles. The lowest BCUT2D eigenvalue weighted by Crippen LogP contribution is -2.15. The molecule has 0 atom stereocenters. The largest absolute Gasteiger partial charge is 0.244 e. The van der Waals surface area contributed by atoms with Crippen LogP contribution in [0.3, 0.4) is 0 Å². The Balaban J connectivity index is 2.61. The molecule has 1 rings (SSSR count). The van der Waals surface area contributed by atoms with E-state index in [2.05, 4.69) is 5.10 Å². The number of hydrogen-bond acceptors (Lipinski definition) is 3. The van der Waals surface area contributed by atoms with E-state index in [1.54, 1.807) is 0 Å². The molecule has 0 heterocycles. The molecule has 70 valence electrons. The zero-order valence-electron chi connectivity index (χ0n) is 7.14. The van der Waals surface area contributed by atoms with E-state index in [0.29, 0.717) is 0 Å². The van der Waals surface area contributed by atoms with Crippen molar-refractivity contribution in [2.75, 3.05) is 6.26 Å². The van der Waals surface area contributed by atoms with Crippen LogP contribution in [0.1, 0.15) is 5.56 Å². The fourth-order valence-corrected chi connectivity index (χ4v) is 0.980. The first-order valence-electron chi connectivity index (χ1n) is 3.63. The van der Waals surface area contributed by atoms with Gasteiger partial charge in [0.05, 0.1) is 12.5 Å². The highest BCUT2D eigenvalue weighted by Crippen LogP contribution is 1.93. The van der Waals surface area contributed by atoms with Crippen LogP contribution in [0.4, 0.5) is 0 Å². The van der Waals surface area contributed by atoms with Crippen LogP contribution in [0.2, 0.25) is 0 Å². The number of nitrogens with zero attached hydrogens (tertiary/aromatic N) is 1. The van der Waals surface area contributed by atoms with Crippen molar-refractivity contribution in [3.63, 3.8) is 0 Å². The summed E-state index contributed by atoms with van der Waals surface area (Å²) >= 11 is 0. The Bertz CT molecular complexity index is 384. The van der Waals surface area contributed by atoms with E-state index in [1.807, 2.05) is 35.2 Å². The standard InChI is InChI=1S/C8H10N2O2S/c1-13(11,12)10-9-7-8-5-3-2-4-6-8/h2-7,10H,1H3/b9-7-. The zero-order valence-corrected chi connectivity index (χ0v) is 7.95. The molecule has 0 fully saturated rings. The monoisotopic (exact) mass is 198 g/mol. The second-order valence-corrected chi connectivity index (χ2v) is 4.26. The van der Waals surface area contributed by atoms with Crippen LogP contribution >= 0.6 is 0 Å². The van der Waals surface area contributed by atoms with Crippen molar-refractivity contribution >= 4 is 16.2 Å². The van der Waals surface area contributed by atoms with E-state index < -0.39 is 10.0 Å². The molecule has 4 nitrogen and oxygen atoms in total. The van der Waals surface area contributed by atoms with Crippen molar-refractivity contribution in [2.24, 2.45) is 5.10 Å². The zero-order chi connectivity index (χ0) is 9.73. The van der Waals surface area contributed by atoms with Gasteiger partial charge in [0.25, 0.3) is 0 Å². The Kier molecular flexibility index (Phi) is 3.02. The van der Waals surface area contributed by atoms with Crippen LogP contribution in [-0.2, 0) is 10.0 Å². The predicted molar refractivity (Wildman–Crippen MR) is 52.0 cm³/mol. The molecule has 0 unspecified atom stereocenters. The third kappa shape index (κ3) is 4.27. The minimum absolute atomic E-state index is 0.846. The fourth-order valence-electron chi connectivity index (χ4n) is 0.736. The third-order valence-corrected chi connectivity index (χ3v) is 1.67. The van der Waals surface area contributed by atoms with Crippen molar-refractivity contribution in [3.05, 3.63) is 35.9 Å². The van der Waals surface area contributed by atoms with Crippen LogP contribution in [0, 0.1) is 0 Å². The Labute approximate surface area is 77.3 Å². The van der Waals surface area contributed by atoms with Gasteiger partial charge >= 0.3 is 0 Å². The highest BCUT2D eigenvalue weighted by molar-refractivity contribution is 7.88. The first-order chi connectivity index (χ1) is 6.08. The number of sulfonamides is 1. The number of hydrogen-bond donors (Lipinski definition) is 1. The molecule has 0 aliphatic carbocycles. The van der Waals surface area contributed by atoms with Crippen LogP contribution in [-0.4, -0.2) is 20.9 Å². The molecule has 0 aliphatic heterocycles. The molecule has 0 amide bonds. The van der Waals surface area contributed by atoms with E-state index in [-0.39, 0.29) is 0 Å². The maximum absolute atomic E-state index is 10.6. The van der Waals surface area contributed by atoms with Gasteiger partial charge in [-0.05, 0) is 5.56 Å². The summed E-state index contributed by atoms with van der Waals surface area (Å²) in [6, 6.07) is 9.23. The van der Waals surface area contributed by atoms with Crippen LogP contribution < -0.4 is 4.83 Å². The Morgan fingerprint density at radius 3 is 2.46 bits per heavy atom. The summed E-state index contributed by atoms with van der Waals surface area (Å²) < 4.78 is 21.2. The summed E-state index contributed by atoms with van der Waals surface area (Å²) in [6.07, 6.45) is 2.50. The minimum Gasteiger partial charge on any atom is -0.206 e. The van der Waals surface area contributed by atoms with Crippen molar-refractivity contribution in [2.45, 2.75) is 0 Å². The predicted octanol–water partition coefficient (Wildman–Crippen LogP) is 0.570. The smallest absolute Gasteiger partial charge is 0.206 e. The number of benzene rings is 1. The Morgan fingerprint density at radius 1 is 1.31 bits per heavy atom. The number of nitrogens with one attached hydrogen (secondary N) is 1. The molecule has 5 heteroatoms. The molecular formula is C8H10N2O2S. The first-order valence-corrected chi connectivity index (χ1v) is 5.52. The van der Waals surface area contributed by atoms with Crippen molar-refractivity contribution in [1.82, 2.24) is 4.83 Å². The molecule has 0 spiro atoms. The maximum Gasteiger partial charge on any atom is 0.244 e. The van der Waals surface area contributed by atoms with Gasteiger partial charge in [-0.1, -0.05) is 30.3 Å². The molecule has 13 heavy (non-hydrogen) atoms. The molecule has 1 N–H and O–H groups in total. The fraction of sp³-hybridized carbons (Fsp3) is 0.125. The highest BCUT2D eigenvalue weighted by Gasteiger charge is 1.93. The van der Waals surface area contributed by atoms with E-state index in [0.717, 1.165) is 11.8 Å². The molecule has 0 bridgehead atoms. The molecule has 0 aromatic heterocycles. The lowest BCUT2D eigenvalue weighted by Gasteiger charge is -1.94. The van der Waals surface area contributed by atoms with Crippen molar-refractivity contribution < 1.29 is 8.42 Å². The van der Waals surface area contributed by atoms with Gasteiger partial charge in [0.2, 0.25) is 10.0 Å². The van der Waals surface area contributed by atoms with Crippen LogP contribution in [0.15, 0.2) is 35.4 Å². The maximum atomic E-state index is 10.6. The number of rotatable bonds is 3. The summed E-state index contributed by atoms with van der Waals surface area (Å²) in [5, 5.41) is 3.55. The van der Waals surface area contributed by atoms with Gasteiger partial charge < -0.3 is 0 Å². The lowest BCUT2D eigenvalue weighted by atomic mass is 10.2. The van der Waals surface area contributed by atoms with Gasteiger partial charge in [0, 0.05) is 0 Å². The SMILES string of the molecule is CS(=O)(=O)N/N=C\c1ccccc1. The highest BCUT2D eigenvalue weighted by atomic mass is 32.2. The van der Waals surface area contributed by atoms with Crippen LogP contribution in [0.25, 0.3) is 0 Å². The topological polar surface area (TPSA) is 58.5 Å². The Morgan fingerprint density at radius 2 is 1.92 bits per heavy atom. The summed E-state index contributed by atoms with van der Waals surface area (Å²) in [6.45, 7) is 0. The average Bonchev–Trinajstić information content (AvgIpc) is 2.04. The first kappa shape index (κ1) is 9.73. The lowest BCUT2D eigenvalue weighted by molar-refractivity contribution is 0.591. The van der Waals surface area contributed by atoms with Crippen molar-refractivity contribution in [1.29, 1.82) is 0 Å². The van der Waals surface area contributed by atoms with Gasteiger partial charge in [-0.3, -0.25) is 0 Å².